The second-order valence-corrected chi connectivity index (χ2v) is 12.3. The molecule has 0 radical (unpaired) electrons. The standard InChI is InChI=1S/C29H32Cl3N3O5S/c1-4-16-33-29(37)27(5-2)34(18-20-6-7-22(31)17-26(20)32)28(36)19-35(23-10-8-21(30)9-11-23)41(38,39)25-14-12-24(40-3)13-15-25/h6-15,17,27H,4-5,16,18-19H2,1-3H3,(H,33,37). The van der Waals surface area contributed by atoms with E-state index in [2.05, 4.69) is 5.32 Å². The summed E-state index contributed by atoms with van der Waals surface area (Å²) in [6, 6.07) is 15.9. The van der Waals surface area contributed by atoms with Gasteiger partial charge in [-0.1, -0.05) is 54.7 Å². The van der Waals surface area contributed by atoms with Crippen molar-refractivity contribution in [2.24, 2.45) is 0 Å². The van der Waals surface area contributed by atoms with Gasteiger partial charge in [0, 0.05) is 28.2 Å². The van der Waals surface area contributed by atoms with E-state index in [1.165, 1.54) is 60.5 Å². The van der Waals surface area contributed by atoms with Crippen LogP contribution in [0.3, 0.4) is 0 Å². The van der Waals surface area contributed by atoms with Crippen molar-refractivity contribution in [3.05, 3.63) is 87.4 Å². The van der Waals surface area contributed by atoms with E-state index in [9.17, 15) is 18.0 Å². The maximum absolute atomic E-state index is 14.1. The van der Waals surface area contributed by atoms with Crippen LogP contribution in [0, 0.1) is 0 Å². The maximum Gasteiger partial charge on any atom is 0.264 e. The number of hydrogen-bond donors (Lipinski definition) is 1. The topological polar surface area (TPSA) is 96.0 Å². The zero-order chi connectivity index (χ0) is 30.2. The second-order valence-electron chi connectivity index (χ2n) is 9.14. The molecule has 3 aromatic carbocycles. The minimum atomic E-state index is -4.23. The summed E-state index contributed by atoms with van der Waals surface area (Å²) in [5, 5.41) is 3.98. The normalized spacial score (nSPS) is 12.0. The lowest BCUT2D eigenvalue weighted by Crippen LogP contribution is -2.52. The molecule has 1 atom stereocenters. The van der Waals surface area contributed by atoms with Crippen LogP contribution in [-0.2, 0) is 26.2 Å². The lowest BCUT2D eigenvalue weighted by Gasteiger charge is -2.33. The number of amides is 2. The van der Waals surface area contributed by atoms with Crippen molar-refractivity contribution >= 4 is 62.3 Å². The number of carbonyl (C=O) groups excluding carboxylic acids is 2. The molecule has 0 aliphatic carbocycles. The molecule has 0 aromatic heterocycles. The molecule has 1 unspecified atom stereocenters. The molecule has 0 saturated carbocycles. The summed E-state index contributed by atoms with van der Waals surface area (Å²) < 4.78 is 34.0. The molecule has 0 saturated heterocycles. The number of sulfonamides is 1. The molecule has 2 amide bonds. The predicted octanol–water partition coefficient (Wildman–Crippen LogP) is 6.18. The van der Waals surface area contributed by atoms with Crippen LogP contribution in [0.1, 0.15) is 32.3 Å². The average molecular weight is 641 g/mol. The lowest BCUT2D eigenvalue weighted by molar-refractivity contribution is -0.140. The Bertz CT molecular complexity index is 1450. The number of anilines is 1. The minimum Gasteiger partial charge on any atom is -0.497 e. The molecule has 1 N–H and O–H groups in total. The Morgan fingerprint density at radius 3 is 2.12 bits per heavy atom. The summed E-state index contributed by atoms with van der Waals surface area (Å²) in [6.07, 6.45) is 1.00. The van der Waals surface area contributed by atoms with Gasteiger partial charge in [0.15, 0.2) is 0 Å². The number of methoxy groups -OCH3 is 1. The smallest absolute Gasteiger partial charge is 0.264 e. The van der Waals surface area contributed by atoms with Crippen LogP contribution in [0.5, 0.6) is 5.75 Å². The number of nitrogens with zero attached hydrogens (tertiary/aromatic N) is 2. The zero-order valence-electron chi connectivity index (χ0n) is 22.9. The van der Waals surface area contributed by atoms with E-state index < -0.39 is 28.5 Å². The van der Waals surface area contributed by atoms with E-state index in [1.807, 2.05) is 6.92 Å². The fraction of sp³-hybridized carbons (Fsp3) is 0.310. The summed E-state index contributed by atoms with van der Waals surface area (Å²) in [5.74, 6) is -0.460. The van der Waals surface area contributed by atoms with Gasteiger partial charge in [-0.2, -0.15) is 0 Å². The predicted molar refractivity (Wildman–Crippen MR) is 163 cm³/mol. The number of ether oxygens (including phenoxy) is 1. The summed E-state index contributed by atoms with van der Waals surface area (Å²) in [7, 11) is -2.75. The third-order valence-corrected chi connectivity index (χ3v) is 8.96. The van der Waals surface area contributed by atoms with Gasteiger partial charge in [-0.05, 0) is 79.1 Å². The first-order valence-electron chi connectivity index (χ1n) is 12.9. The highest BCUT2D eigenvalue weighted by atomic mass is 35.5. The number of carbonyl (C=O) groups is 2. The number of halogens is 3. The van der Waals surface area contributed by atoms with E-state index in [0.717, 1.165) is 4.31 Å². The number of hydrogen-bond acceptors (Lipinski definition) is 5. The minimum absolute atomic E-state index is 0.0378. The molecular formula is C29H32Cl3N3O5S. The van der Waals surface area contributed by atoms with Crippen molar-refractivity contribution in [1.82, 2.24) is 10.2 Å². The molecule has 3 aromatic rings. The highest BCUT2D eigenvalue weighted by Crippen LogP contribution is 2.28. The Balaban J connectivity index is 2.07. The van der Waals surface area contributed by atoms with Gasteiger partial charge in [0.05, 0.1) is 17.7 Å². The molecule has 8 nitrogen and oxygen atoms in total. The molecule has 12 heteroatoms. The molecule has 0 aliphatic rings. The molecule has 0 aliphatic heterocycles. The van der Waals surface area contributed by atoms with E-state index in [1.54, 1.807) is 25.1 Å². The van der Waals surface area contributed by atoms with Gasteiger partial charge in [0.2, 0.25) is 11.8 Å². The molecule has 220 valence electrons. The van der Waals surface area contributed by atoms with Crippen LogP contribution in [0.4, 0.5) is 5.69 Å². The first-order chi connectivity index (χ1) is 19.5. The molecule has 0 bridgehead atoms. The quantitative estimate of drug-likeness (QED) is 0.241. The molecule has 0 spiro atoms. The van der Waals surface area contributed by atoms with Gasteiger partial charge in [0.25, 0.3) is 10.0 Å². The van der Waals surface area contributed by atoms with Crippen molar-refractivity contribution in [1.29, 1.82) is 0 Å². The molecule has 3 rings (SSSR count). The number of benzene rings is 3. The van der Waals surface area contributed by atoms with Gasteiger partial charge < -0.3 is 15.0 Å². The lowest BCUT2D eigenvalue weighted by atomic mass is 10.1. The Morgan fingerprint density at radius 1 is 0.927 bits per heavy atom. The number of nitrogens with one attached hydrogen (secondary N) is 1. The van der Waals surface area contributed by atoms with Crippen LogP contribution in [0.15, 0.2) is 71.6 Å². The largest absolute Gasteiger partial charge is 0.497 e. The van der Waals surface area contributed by atoms with Crippen LogP contribution in [0.25, 0.3) is 0 Å². The Kier molecular flexibility index (Phi) is 11.7. The third kappa shape index (κ3) is 8.29. The molecule has 41 heavy (non-hydrogen) atoms. The van der Waals surface area contributed by atoms with Crippen molar-refractivity contribution in [2.75, 3.05) is 24.5 Å². The fourth-order valence-corrected chi connectivity index (χ4v) is 6.14. The number of rotatable bonds is 13. The molecule has 0 heterocycles. The Morgan fingerprint density at radius 2 is 1.56 bits per heavy atom. The van der Waals surface area contributed by atoms with Crippen LogP contribution in [0.2, 0.25) is 15.1 Å². The van der Waals surface area contributed by atoms with Crippen molar-refractivity contribution in [3.8, 4) is 5.75 Å². The van der Waals surface area contributed by atoms with Gasteiger partial charge >= 0.3 is 0 Å². The van der Waals surface area contributed by atoms with Crippen molar-refractivity contribution in [2.45, 2.75) is 44.2 Å². The van der Waals surface area contributed by atoms with E-state index in [4.69, 9.17) is 39.5 Å². The maximum atomic E-state index is 14.1. The van der Waals surface area contributed by atoms with Gasteiger partial charge in [0.1, 0.15) is 18.3 Å². The average Bonchev–Trinajstić information content (AvgIpc) is 2.96. The SMILES string of the molecule is CCCNC(=O)C(CC)N(Cc1ccc(Cl)cc1Cl)C(=O)CN(c1ccc(Cl)cc1)S(=O)(=O)c1ccc(OC)cc1. The molecule has 0 fully saturated rings. The summed E-state index contributed by atoms with van der Waals surface area (Å²) >= 11 is 18.6. The fourth-order valence-electron chi connectivity index (χ4n) is 4.13. The monoisotopic (exact) mass is 639 g/mol. The Hall–Kier alpha value is -2.98. The van der Waals surface area contributed by atoms with Gasteiger partial charge in [-0.15, -0.1) is 0 Å². The summed E-state index contributed by atoms with van der Waals surface area (Å²) in [5.41, 5.74) is 0.786. The van der Waals surface area contributed by atoms with Gasteiger partial charge in [-0.25, -0.2) is 8.42 Å². The highest BCUT2D eigenvalue weighted by Gasteiger charge is 2.34. The first kappa shape index (κ1) is 32.5. The third-order valence-electron chi connectivity index (χ3n) is 6.33. The van der Waals surface area contributed by atoms with Gasteiger partial charge in [-0.3, -0.25) is 13.9 Å². The first-order valence-corrected chi connectivity index (χ1v) is 15.5. The highest BCUT2D eigenvalue weighted by molar-refractivity contribution is 7.92. The van der Waals surface area contributed by atoms with Crippen LogP contribution >= 0.6 is 34.8 Å². The second kappa shape index (κ2) is 14.8. The molecular weight excluding hydrogens is 609 g/mol. The zero-order valence-corrected chi connectivity index (χ0v) is 26.0. The Labute approximate surface area is 256 Å². The van der Waals surface area contributed by atoms with E-state index >= 15 is 0 Å². The van der Waals surface area contributed by atoms with Crippen molar-refractivity contribution in [3.63, 3.8) is 0 Å². The van der Waals surface area contributed by atoms with Crippen molar-refractivity contribution < 1.29 is 22.7 Å². The van der Waals surface area contributed by atoms with E-state index in [0.29, 0.717) is 45.8 Å². The van der Waals surface area contributed by atoms with E-state index in [-0.39, 0.29) is 23.0 Å². The van der Waals surface area contributed by atoms with Crippen LogP contribution in [-0.4, -0.2) is 51.4 Å². The van der Waals surface area contributed by atoms with Crippen LogP contribution < -0.4 is 14.4 Å². The summed E-state index contributed by atoms with van der Waals surface area (Å²) in [4.78, 5) is 28.5. The summed E-state index contributed by atoms with van der Waals surface area (Å²) in [6.45, 7) is 3.52.